The molecule has 1 amide bonds. The highest BCUT2D eigenvalue weighted by Gasteiger charge is 2.23. The van der Waals surface area contributed by atoms with Gasteiger partial charge in [-0.15, -0.1) is 0 Å². The number of nitrogens with zero attached hydrogens (tertiary/aromatic N) is 1. The molecule has 0 radical (unpaired) electrons. The summed E-state index contributed by atoms with van der Waals surface area (Å²) in [6.07, 6.45) is 0.325. The molecule has 2 rings (SSSR count). The number of benzene rings is 1. The average molecular weight is 306 g/mol. The number of rotatable bonds is 7. The Balaban J connectivity index is 1.74. The number of morpholine rings is 1. The van der Waals surface area contributed by atoms with E-state index in [1.807, 2.05) is 25.1 Å². The number of carbonyl (C=O) groups excluding carboxylic acids is 1. The number of aliphatic hydroxyl groups excluding tert-OH is 1. The Bertz CT molecular complexity index is 452. The van der Waals surface area contributed by atoms with Crippen LogP contribution in [0.2, 0.25) is 0 Å². The number of aliphatic hydroxyl groups is 1. The Morgan fingerprint density at radius 2 is 2.23 bits per heavy atom. The lowest BCUT2D eigenvalue weighted by atomic mass is 10.1. The van der Waals surface area contributed by atoms with Gasteiger partial charge >= 0.3 is 0 Å². The van der Waals surface area contributed by atoms with Crippen molar-refractivity contribution in [2.75, 3.05) is 32.8 Å². The van der Waals surface area contributed by atoms with Gasteiger partial charge in [0.05, 0.1) is 19.1 Å². The van der Waals surface area contributed by atoms with Crippen LogP contribution in [0.1, 0.15) is 18.9 Å². The van der Waals surface area contributed by atoms with Crippen molar-refractivity contribution in [1.29, 1.82) is 0 Å². The van der Waals surface area contributed by atoms with Crippen molar-refractivity contribution in [2.24, 2.45) is 5.92 Å². The largest absolute Gasteiger partial charge is 0.396 e. The van der Waals surface area contributed by atoms with Crippen molar-refractivity contribution >= 4 is 5.91 Å². The summed E-state index contributed by atoms with van der Waals surface area (Å²) in [6, 6.07) is 10.3. The molecule has 1 fully saturated rings. The van der Waals surface area contributed by atoms with E-state index in [4.69, 9.17) is 9.84 Å². The number of carbonyl (C=O) groups is 1. The van der Waals surface area contributed by atoms with Crippen molar-refractivity contribution in [3.63, 3.8) is 0 Å². The molecular weight excluding hydrogens is 280 g/mol. The van der Waals surface area contributed by atoms with Crippen LogP contribution in [0.5, 0.6) is 0 Å². The minimum absolute atomic E-state index is 0.00754. The molecule has 5 heteroatoms. The summed E-state index contributed by atoms with van der Waals surface area (Å²) in [7, 11) is 0. The Kier molecular flexibility index (Phi) is 6.83. The smallest absolute Gasteiger partial charge is 0.222 e. The molecule has 1 aliphatic rings. The Labute approximate surface area is 132 Å². The minimum atomic E-state index is -0.0538. The molecule has 0 aromatic heterocycles. The molecule has 1 aromatic rings. The summed E-state index contributed by atoms with van der Waals surface area (Å²) < 4.78 is 5.70. The first kappa shape index (κ1) is 16.9. The van der Waals surface area contributed by atoms with Crippen molar-refractivity contribution < 1.29 is 14.6 Å². The molecule has 0 bridgehead atoms. The Morgan fingerprint density at radius 1 is 1.45 bits per heavy atom. The molecule has 0 aliphatic carbocycles. The zero-order valence-electron chi connectivity index (χ0n) is 13.2. The maximum atomic E-state index is 11.9. The van der Waals surface area contributed by atoms with Gasteiger partial charge in [0.15, 0.2) is 0 Å². The monoisotopic (exact) mass is 306 g/mol. The molecule has 22 heavy (non-hydrogen) atoms. The highest BCUT2D eigenvalue weighted by Crippen LogP contribution is 2.12. The van der Waals surface area contributed by atoms with Crippen LogP contribution in [0.25, 0.3) is 0 Å². The quantitative estimate of drug-likeness (QED) is 0.790. The molecule has 2 unspecified atom stereocenters. The Morgan fingerprint density at radius 3 is 2.95 bits per heavy atom. The third kappa shape index (κ3) is 5.75. The summed E-state index contributed by atoms with van der Waals surface area (Å²) in [5, 5.41) is 11.8. The number of hydrogen-bond donors (Lipinski definition) is 2. The third-order valence-corrected chi connectivity index (χ3v) is 3.84. The lowest BCUT2D eigenvalue weighted by molar-refractivity contribution is -0.126. The van der Waals surface area contributed by atoms with Gasteiger partial charge in [-0.05, 0) is 11.5 Å². The predicted octanol–water partition coefficient (Wildman–Crippen LogP) is 1.02. The first-order chi connectivity index (χ1) is 10.7. The minimum Gasteiger partial charge on any atom is -0.396 e. The SMILES string of the molecule is CC(CO)CNC(=O)CC1CN(Cc2ccccc2)CCO1. The van der Waals surface area contributed by atoms with E-state index in [1.165, 1.54) is 5.56 Å². The van der Waals surface area contributed by atoms with E-state index in [9.17, 15) is 4.79 Å². The van der Waals surface area contributed by atoms with E-state index in [0.717, 1.165) is 19.6 Å². The maximum Gasteiger partial charge on any atom is 0.222 e. The summed E-state index contributed by atoms with van der Waals surface area (Å²) >= 11 is 0. The van der Waals surface area contributed by atoms with Crippen molar-refractivity contribution in [2.45, 2.75) is 26.0 Å². The number of ether oxygens (including phenoxy) is 1. The van der Waals surface area contributed by atoms with Gasteiger partial charge < -0.3 is 15.2 Å². The zero-order chi connectivity index (χ0) is 15.8. The molecular formula is C17H26N2O3. The number of hydrogen-bond acceptors (Lipinski definition) is 4. The molecule has 1 heterocycles. The first-order valence-electron chi connectivity index (χ1n) is 7.93. The second-order valence-corrected chi connectivity index (χ2v) is 6.01. The van der Waals surface area contributed by atoms with Crippen LogP contribution in [0.15, 0.2) is 30.3 Å². The molecule has 1 aromatic carbocycles. The molecule has 1 saturated heterocycles. The van der Waals surface area contributed by atoms with Gasteiger partial charge in [-0.3, -0.25) is 9.69 Å². The van der Waals surface area contributed by atoms with Gasteiger partial charge in [0, 0.05) is 32.8 Å². The fraction of sp³-hybridized carbons (Fsp3) is 0.588. The normalized spacial score (nSPS) is 20.5. The summed E-state index contributed by atoms with van der Waals surface area (Å²) in [5.41, 5.74) is 1.28. The molecule has 2 atom stereocenters. The standard InChI is InChI=1S/C17H26N2O3/c1-14(13-20)10-18-17(21)9-16-12-19(7-8-22-16)11-15-5-3-2-4-6-15/h2-6,14,16,20H,7-13H2,1H3,(H,18,21). The molecule has 0 spiro atoms. The fourth-order valence-corrected chi connectivity index (χ4v) is 2.52. The maximum absolute atomic E-state index is 11.9. The number of amides is 1. The molecule has 1 aliphatic heterocycles. The van der Waals surface area contributed by atoms with Crippen LogP contribution in [0, 0.1) is 5.92 Å². The van der Waals surface area contributed by atoms with Crippen molar-refractivity contribution in [3.05, 3.63) is 35.9 Å². The van der Waals surface area contributed by atoms with Gasteiger partial charge in [0.2, 0.25) is 5.91 Å². The second-order valence-electron chi connectivity index (χ2n) is 6.01. The molecule has 2 N–H and O–H groups in total. The topological polar surface area (TPSA) is 61.8 Å². The van der Waals surface area contributed by atoms with Crippen molar-refractivity contribution in [1.82, 2.24) is 10.2 Å². The molecule has 5 nitrogen and oxygen atoms in total. The molecule has 122 valence electrons. The Hall–Kier alpha value is -1.43. The highest BCUT2D eigenvalue weighted by atomic mass is 16.5. The predicted molar refractivity (Wildman–Crippen MR) is 85.3 cm³/mol. The fourth-order valence-electron chi connectivity index (χ4n) is 2.52. The van der Waals surface area contributed by atoms with Crippen LogP contribution in [-0.4, -0.2) is 54.9 Å². The van der Waals surface area contributed by atoms with E-state index in [2.05, 4.69) is 22.3 Å². The lowest BCUT2D eigenvalue weighted by Gasteiger charge is -2.32. The zero-order valence-corrected chi connectivity index (χ0v) is 13.2. The van der Waals surface area contributed by atoms with E-state index < -0.39 is 0 Å². The van der Waals surface area contributed by atoms with Crippen molar-refractivity contribution in [3.8, 4) is 0 Å². The third-order valence-electron chi connectivity index (χ3n) is 3.84. The van der Waals surface area contributed by atoms with Crippen LogP contribution >= 0.6 is 0 Å². The van der Waals surface area contributed by atoms with E-state index in [1.54, 1.807) is 0 Å². The second kappa shape index (κ2) is 8.88. The van der Waals surface area contributed by atoms with Crippen LogP contribution in [0.3, 0.4) is 0 Å². The summed E-state index contributed by atoms with van der Waals surface area (Å²) in [6.45, 7) is 5.73. The van der Waals surface area contributed by atoms with Gasteiger partial charge in [0.1, 0.15) is 0 Å². The van der Waals surface area contributed by atoms with E-state index in [0.29, 0.717) is 19.6 Å². The van der Waals surface area contributed by atoms with Gasteiger partial charge in [-0.25, -0.2) is 0 Å². The van der Waals surface area contributed by atoms with E-state index in [-0.39, 0.29) is 24.5 Å². The van der Waals surface area contributed by atoms with Gasteiger partial charge in [-0.2, -0.15) is 0 Å². The average Bonchev–Trinajstić information content (AvgIpc) is 2.54. The van der Waals surface area contributed by atoms with Crippen LogP contribution < -0.4 is 5.32 Å². The van der Waals surface area contributed by atoms with Gasteiger partial charge in [-0.1, -0.05) is 37.3 Å². The van der Waals surface area contributed by atoms with E-state index >= 15 is 0 Å². The molecule has 0 saturated carbocycles. The first-order valence-corrected chi connectivity index (χ1v) is 7.93. The summed E-state index contributed by atoms with van der Waals surface area (Å²) in [5.74, 6) is 0.0812. The number of nitrogens with one attached hydrogen (secondary N) is 1. The van der Waals surface area contributed by atoms with Crippen LogP contribution in [0.4, 0.5) is 0 Å². The highest BCUT2D eigenvalue weighted by molar-refractivity contribution is 5.76. The van der Waals surface area contributed by atoms with Crippen LogP contribution in [-0.2, 0) is 16.1 Å². The summed E-state index contributed by atoms with van der Waals surface area (Å²) in [4.78, 5) is 14.2. The van der Waals surface area contributed by atoms with Gasteiger partial charge in [0.25, 0.3) is 0 Å². The lowest BCUT2D eigenvalue weighted by Crippen LogP contribution is -2.44.